The van der Waals surface area contributed by atoms with E-state index in [1.807, 2.05) is 13.8 Å². The number of Topliss-reactive ketones (excluding diaryl/α,β-unsaturated/α-hetero) is 1. The van der Waals surface area contributed by atoms with Crippen LogP contribution in [0.2, 0.25) is 0 Å². The van der Waals surface area contributed by atoms with Gasteiger partial charge in [-0.3, -0.25) is 4.79 Å². The van der Waals surface area contributed by atoms with Gasteiger partial charge in [-0.25, -0.2) is 4.79 Å². The van der Waals surface area contributed by atoms with Crippen LogP contribution in [0.25, 0.3) is 0 Å². The van der Waals surface area contributed by atoms with E-state index in [0.29, 0.717) is 0 Å². The second kappa shape index (κ2) is 4.55. The summed E-state index contributed by atoms with van der Waals surface area (Å²) in [5, 5.41) is 9.46. The van der Waals surface area contributed by atoms with E-state index in [-0.39, 0.29) is 5.92 Å². The maximum atomic E-state index is 11.0. The first-order valence-electron chi connectivity index (χ1n) is 5.04. The number of ether oxygens (including phenoxy) is 1. The molecule has 80 valence electrons. The number of hydrogen-bond acceptors (Lipinski definition) is 4. The number of carbonyl (C=O) groups excluding carboxylic acids is 2. The van der Waals surface area contributed by atoms with E-state index < -0.39 is 24.0 Å². The maximum absolute atomic E-state index is 11.0. The monoisotopic (exact) mass is 200 g/mol. The van der Waals surface area contributed by atoms with E-state index in [1.54, 1.807) is 0 Å². The number of carbonyl (C=O) groups is 2. The van der Waals surface area contributed by atoms with Crippen molar-refractivity contribution < 1.29 is 19.4 Å². The van der Waals surface area contributed by atoms with Gasteiger partial charge in [0.1, 0.15) is 6.10 Å². The molecule has 4 nitrogen and oxygen atoms in total. The average Bonchev–Trinajstić information content (AvgIpc) is 2.42. The number of aliphatic hydroxyl groups is 1. The predicted molar refractivity (Wildman–Crippen MR) is 49.6 cm³/mol. The standard InChI is InChI=1S/C10H16O4/c1-3-5-6(4-2)9-7(11)8(12)10(13)14-9/h6-7,9,11H,3-5H2,1-2H3. The molecule has 0 saturated carbocycles. The van der Waals surface area contributed by atoms with Crippen LogP contribution in [0.5, 0.6) is 0 Å². The topological polar surface area (TPSA) is 63.6 Å². The van der Waals surface area contributed by atoms with Crippen molar-refractivity contribution in [3.63, 3.8) is 0 Å². The fourth-order valence-corrected chi connectivity index (χ4v) is 1.84. The fraction of sp³-hybridized carbons (Fsp3) is 0.800. The Balaban J connectivity index is 2.68. The molecule has 0 spiro atoms. The largest absolute Gasteiger partial charge is 0.453 e. The molecule has 0 aromatic carbocycles. The molecule has 0 aromatic heterocycles. The van der Waals surface area contributed by atoms with Crippen molar-refractivity contribution in [2.45, 2.75) is 45.3 Å². The van der Waals surface area contributed by atoms with E-state index in [4.69, 9.17) is 4.74 Å². The van der Waals surface area contributed by atoms with Crippen molar-refractivity contribution in [3.05, 3.63) is 0 Å². The molecule has 4 heteroatoms. The van der Waals surface area contributed by atoms with Crippen LogP contribution in [0, 0.1) is 5.92 Å². The molecular weight excluding hydrogens is 184 g/mol. The summed E-state index contributed by atoms with van der Waals surface area (Å²) < 4.78 is 4.85. The van der Waals surface area contributed by atoms with Gasteiger partial charge >= 0.3 is 5.97 Å². The molecule has 1 saturated heterocycles. The van der Waals surface area contributed by atoms with Gasteiger partial charge in [0.2, 0.25) is 0 Å². The molecule has 1 N–H and O–H groups in total. The van der Waals surface area contributed by atoms with Gasteiger partial charge < -0.3 is 9.84 Å². The molecule has 0 bridgehead atoms. The second-order valence-electron chi connectivity index (χ2n) is 3.64. The zero-order valence-electron chi connectivity index (χ0n) is 8.53. The lowest BCUT2D eigenvalue weighted by molar-refractivity contribution is -0.150. The normalized spacial score (nSPS) is 29.1. The van der Waals surface area contributed by atoms with Crippen molar-refractivity contribution in [2.75, 3.05) is 0 Å². The lowest BCUT2D eigenvalue weighted by Crippen LogP contribution is -2.33. The summed E-state index contributed by atoms with van der Waals surface area (Å²) in [5.41, 5.74) is 0. The average molecular weight is 200 g/mol. The zero-order valence-corrected chi connectivity index (χ0v) is 8.53. The van der Waals surface area contributed by atoms with Crippen LogP contribution < -0.4 is 0 Å². The van der Waals surface area contributed by atoms with Crippen molar-refractivity contribution in [2.24, 2.45) is 5.92 Å². The minimum absolute atomic E-state index is 0.0883. The third kappa shape index (κ3) is 1.95. The Hall–Kier alpha value is -0.900. The van der Waals surface area contributed by atoms with Gasteiger partial charge in [0.25, 0.3) is 5.78 Å². The van der Waals surface area contributed by atoms with Gasteiger partial charge in [-0.05, 0) is 18.8 Å². The first kappa shape index (κ1) is 11.2. The number of cyclic esters (lactones) is 1. The van der Waals surface area contributed by atoms with E-state index in [1.165, 1.54) is 0 Å². The Bertz CT molecular complexity index is 236. The van der Waals surface area contributed by atoms with Gasteiger partial charge in [-0.2, -0.15) is 0 Å². The molecule has 1 aliphatic rings. The van der Waals surface area contributed by atoms with E-state index in [2.05, 4.69) is 0 Å². The molecular formula is C10H16O4. The number of rotatable bonds is 4. The highest BCUT2D eigenvalue weighted by Crippen LogP contribution is 2.25. The maximum Gasteiger partial charge on any atom is 0.377 e. The summed E-state index contributed by atoms with van der Waals surface area (Å²) >= 11 is 0. The Morgan fingerprint density at radius 3 is 2.43 bits per heavy atom. The first-order chi connectivity index (χ1) is 6.61. The second-order valence-corrected chi connectivity index (χ2v) is 3.64. The van der Waals surface area contributed by atoms with E-state index >= 15 is 0 Å². The summed E-state index contributed by atoms with van der Waals surface area (Å²) in [6, 6.07) is 0. The van der Waals surface area contributed by atoms with Gasteiger partial charge in [0.05, 0.1) is 0 Å². The number of ketones is 1. The van der Waals surface area contributed by atoms with E-state index in [0.717, 1.165) is 19.3 Å². The van der Waals surface area contributed by atoms with E-state index in [9.17, 15) is 14.7 Å². The van der Waals surface area contributed by atoms with Crippen LogP contribution in [0.1, 0.15) is 33.1 Å². The highest BCUT2D eigenvalue weighted by molar-refractivity contribution is 6.37. The minimum atomic E-state index is -1.25. The van der Waals surface area contributed by atoms with Crippen molar-refractivity contribution in [3.8, 4) is 0 Å². The highest BCUT2D eigenvalue weighted by atomic mass is 16.6. The molecule has 1 heterocycles. The lowest BCUT2D eigenvalue weighted by atomic mass is 9.91. The van der Waals surface area contributed by atoms with Crippen LogP contribution in [0.15, 0.2) is 0 Å². The summed E-state index contributed by atoms with van der Waals surface area (Å²) in [4.78, 5) is 21.9. The lowest BCUT2D eigenvalue weighted by Gasteiger charge is -2.21. The minimum Gasteiger partial charge on any atom is -0.453 e. The summed E-state index contributed by atoms with van der Waals surface area (Å²) in [5.74, 6) is -1.60. The van der Waals surface area contributed by atoms with Crippen molar-refractivity contribution >= 4 is 11.8 Å². The SMILES string of the molecule is CCCC(CC)C1OC(=O)C(=O)C1O. The molecule has 0 amide bonds. The van der Waals surface area contributed by atoms with Crippen LogP contribution in [-0.2, 0) is 14.3 Å². The van der Waals surface area contributed by atoms with Crippen molar-refractivity contribution in [1.82, 2.24) is 0 Å². The molecule has 0 aliphatic carbocycles. The molecule has 3 atom stereocenters. The summed E-state index contributed by atoms with van der Waals surface area (Å²) in [6.07, 6.45) is 0.738. The van der Waals surface area contributed by atoms with Crippen molar-refractivity contribution in [1.29, 1.82) is 0 Å². The van der Waals surface area contributed by atoms with Crippen LogP contribution in [0.3, 0.4) is 0 Å². The highest BCUT2D eigenvalue weighted by Gasteiger charge is 2.45. The fourth-order valence-electron chi connectivity index (χ4n) is 1.84. The summed E-state index contributed by atoms with van der Waals surface area (Å²) in [7, 11) is 0. The quantitative estimate of drug-likeness (QED) is 0.535. The molecule has 0 radical (unpaired) electrons. The Morgan fingerprint density at radius 1 is 1.43 bits per heavy atom. The number of esters is 1. The third-order valence-corrected chi connectivity index (χ3v) is 2.67. The van der Waals surface area contributed by atoms with Crippen LogP contribution in [0.4, 0.5) is 0 Å². The summed E-state index contributed by atoms with van der Waals surface area (Å²) in [6.45, 7) is 3.98. The van der Waals surface area contributed by atoms with Crippen LogP contribution >= 0.6 is 0 Å². The first-order valence-corrected chi connectivity index (χ1v) is 5.04. The zero-order chi connectivity index (χ0) is 10.7. The van der Waals surface area contributed by atoms with Gasteiger partial charge in [0.15, 0.2) is 6.10 Å². The molecule has 1 aliphatic heterocycles. The van der Waals surface area contributed by atoms with Crippen LogP contribution in [-0.4, -0.2) is 29.1 Å². The molecule has 14 heavy (non-hydrogen) atoms. The molecule has 3 unspecified atom stereocenters. The number of hydrogen-bond donors (Lipinski definition) is 1. The molecule has 0 aromatic rings. The third-order valence-electron chi connectivity index (χ3n) is 2.67. The Morgan fingerprint density at radius 2 is 2.07 bits per heavy atom. The number of aliphatic hydroxyl groups excluding tert-OH is 1. The Kier molecular flexibility index (Phi) is 3.63. The Labute approximate surface area is 83.2 Å². The molecule has 1 fully saturated rings. The molecule has 1 rings (SSSR count). The van der Waals surface area contributed by atoms with Gasteiger partial charge in [-0.15, -0.1) is 0 Å². The smallest absolute Gasteiger partial charge is 0.377 e. The van der Waals surface area contributed by atoms with Gasteiger partial charge in [-0.1, -0.05) is 20.3 Å². The van der Waals surface area contributed by atoms with Gasteiger partial charge in [0, 0.05) is 0 Å². The predicted octanol–water partition coefficient (Wildman–Crippen LogP) is 0.668.